The van der Waals surface area contributed by atoms with Crippen molar-refractivity contribution in [2.75, 3.05) is 0 Å². The van der Waals surface area contributed by atoms with Gasteiger partial charge in [0, 0.05) is 12.3 Å². The van der Waals surface area contributed by atoms with E-state index in [0.29, 0.717) is 29.9 Å². The molecule has 0 spiro atoms. The SMILES string of the molecule is C[C@H](O)C1=CC[C@H]2[C@@H]3C=CC4C(=N)C(=O)CC[C@]4(C)[C@H]3CC[C@]12C. The number of ketones is 1. The third-order valence-corrected chi connectivity index (χ3v) is 8.01. The van der Waals surface area contributed by atoms with Gasteiger partial charge in [-0.3, -0.25) is 4.79 Å². The van der Waals surface area contributed by atoms with Crippen LogP contribution in [0.15, 0.2) is 23.8 Å². The fourth-order valence-corrected chi connectivity index (χ4v) is 6.63. The second kappa shape index (κ2) is 5.14. The lowest BCUT2D eigenvalue weighted by atomic mass is 9.46. The molecule has 1 unspecified atom stereocenters. The van der Waals surface area contributed by atoms with Gasteiger partial charge in [0.05, 0.1) is 11.8 Å². The summed E-state index contributed by atoms with van der Waals surface area (Å²) in [6.45, 7) is 6.56. The van der Waals surface area contributed by atoms with Crippen molar-refractivity contribution >= 4 is 11.5 Å². The van der Waals surface area contributed by atoms with E-state index in [-0.39, 0.29) is 28.6 Å². The molecule has 4 rings (SSSR count). The Kier molecular flexibility index (Phi) is 3.48. The van der Waals surface area contributed by atoms with Crippen LogP contribution in [-0.2, 0) is 4.79 Å². The number of allylic oxidation sites excluding steroid dienone is 3. The van der Waals surface area contributed by atoms with Crippen molar-refractivity contribution in [1.29, 1.82) is 5.41 Å². The van der Waals surface area contributed by atoms with Gasteiger partial charge in [0.2, 0.25) is 0 Å². The average molecular weight is 327 g/mol. The molecule has 0 radical (unpaired) electrons. The van der Waals surface area contributed by atoms with E-state index in [4.69, 9.17) is 5.41 Å². The minimum atomic E-state index is -0.354. The first-order valence-electron chi connectivity index (χ1n) is 9.47. The Hall–Kier alpha value is -1.22. The number of hydrogen-bond acceptors (Lipinski definition) is 3. The highest BCUT2D eigenvalue weighted by atomic mass is 16.3. The molecule has 4 aliphatic rings. The number of rotatable bonds is 1. The number of Topliss-reactive ketones (excluding diaryl/α,β-unsaturated/α-hetero) is 1. The van der Waals surface area contributed by atoms with E-state index in [1.807, 2.05) is 6.92 Å². The number of nitrogens with one attached hydrogen (secondary N) is 1. The molecule has 24 heavy (non-hydrogen) atoms. The zero-order valence-electron chi connectivity index (χ0n) is 15.0. The van der Waals surface area contributed by atoms with Gasteiger partial charge in [0.1, 0.15) is 0 Å². The summed E-state index contributed by atoms with van der Waals surface area (Å²) < 4.78 is 0. The molecule has 0 amide bonds. The summed E-state index contributed by atoms with van der Waals surface area (Å²) in [5, 5.41) is 18.5. The van der Waals surface area contributed by atoms with E-state index >= 15 is 0 Å². The van der Waals surface area contributed by atoms with Crippen LogP contribution in [0.2, 0.25) is 0 Å². The van der Waals surface area contributed by atoms with Crippen molar-refractivity contribution in [3.63, 3.8) is 0 Å². The van der Waals surface area contributed by atoms with Crippen LogP contribution in [0.4, 0.5) is 0 Å². The molecule has 0 aliphatic heterocycles. The molecule has 0 bridgehead atoms. The summed E-state index contributed by atoms with van der Waals surface area (Å²) in [5.74, 6) is 1.68. The predicted molar refractivity (Wildman–Crippen MR) is 94.9 cm³/mol. The lowest BCUT2D eigenvalue weighted by Crippen LogP contribution is -2.54. The molecule has 0 aromatic heterocycles. The fourth-order valence-electron chi connectivity index (χ4n) is 6.63. The maximum atomic E-state index is 12.0. The molecule has 0 aromatic rings. The third kappa shape index (κ3) is 1.94. The average Bonchev–Trinajstić information content (AvgIpc) is 2.89. The quantitative estimate of drug-likeness (QED) is 0.717. The number of fused-ring (bicyclic) bond motifs is 5. The topological polar surface area (TPSA) is 61.1 Å². The molecule has 0 heterocycles. The van der Waals surface area contributed by atoms with Crippen molar-refractivity contribution in [1.82, 2.24) is 0 Å². The van der Waals surface area contributed by atoms with Crippen molar-refractivity contribution in [3.8, 4) is 0 Å². The Morgan fingerprint density at radius 3 is 2.71 bits per heavy atom. The van der Waals surface area contributed by atoms with E-state index < -0.39 is 0 Å². The molecule has 3 nitrogen and oxygen atoms in total. The molecular weight excluding hydrogens is 298 g/mol. The summed E-state index contributed by atoms with van der Waals surface area (Å²) in [7, 11) is 0. The van der Waals surface area contributed by atoms with Gasteiger partial charge in [-0.2, -0.15) is 0 Å². The number of hydrogen-bond donors (Lipinski definition) is 2. The zero-order valence-corrected chi connectivity index (χ0v) is 15.0. The summed E-state index contributed by atoms with van der Waals surface area (Å²) in [6, 6.07) is 0. The summed E-state index contributed by atoms with van der Waals surface area (Å²) >= 11 is 0. The smallest absolute Gasteiger partial charge is 0.176 e. The van der Waals surface area contributed by atoms with Gasteiger partial charge in [0.15, 0.2) is 5.78 Å². The second-order valence-electron chi connectivity index (χ2n) is 9.02. The zero-order chi connectivity index (χ0) is 17.3. The Morgan fingerprint density at radius 2 is 2.00 bits per heavy atom. The lowest BCUT2D eigenvalue weighted by Gasteiger charge is -2.57. The summed E-state index contributed by atoms with van der Waals surface area (Å²) in [4.78, 5) is 12.0. The normalized spacial score (nSPS) is 48.4. The molecule has 4 aliphatic carbocycles. The number of carbonyl (C=O) groups is 1. The highest BCUT2D eigenvalue weighted by molar-refractivity contribution is 6.40. The number of aliphatic hydroxyl groups is 1. The fraction of sp³-hybridized carbons (Fsp3) is 0.714. The Labute approximate surface area is 144 Å². The molecule has 2 saturated carbocycles. The first-order valence-corrected chi connectivity index (χ1v) is 9.47. The van der Waals surface area contributed by atoms with Gasteiger partial charge in [-0.05, 0) is 66.8 Å². The molecule has 130 valence electrons. The second-order valence-corrected chi connectivity index (χ2v) is 9.02. The van der Waals surface area contributed by atoms with Crippen molar-refractivity contribution in [2.24, 2.45) is 34.5 Å². The number of aliphatic hydroxyl groups excluding tert-OH is 1. The Bertz CT molecular complexity index is 661. The summed E-state index contributed by atoms with van der Waals surface area (Å²) in [5.41, 5.74) is 1.74. The minimum absolute atomic E-state index is 0.00922. The molecule has 0 saturated heterocycles. The van der Waals surface area contributed by atoms with Gasteiger partial charge in [-0.15, -0.1) is 0 Å². The van der Waals surface area contributed by atoms with Gasteiger partial charge in [-0.25, -0.2) is 0 Å². The van der Waals surface area contributed by atoms with Crippen LogP contribution in [0.3, 0.4) is 0 Å². The van der Waals surface area contributed by atoms with E-state index in [1.165, 1.54) is 5.57 Å². The van der Waals surface area contributed by atoms with Gasteiger partial charge in [-0.1, -0.05) is 32.1 Å². The van der Waals surface area contributed by atoms with E-state index in [9.17, 15) is 9.90 Å². The molecular formula is C21H29NO2. The number of carbonyl (C=O) groups excluding carboxylic acids is 1. The van der Waals surface area contributed by atoms with Crippen LogP contribution in [0.1, 0.15) is 52.9 Å². The van der Waals surface area contributed by atoms with Crippen molar-refractivity contribution < 1.29 is 9.90 Å². The van der Waals surface area contributed by atoms with Crippen LogP contribution < -0.4 is 0 Å². The first-order chi connectivity index (χ1) is 11.3. The Balaban J connectivity index is 1.70. The predicted octanol–water partition coefficient (Wildman–Crippen LogP) is 3.92. The van der Waals surface area contributed by atoms with Gasteiger partial charge in [0.25, 0.3) is 0 Å². The third-order valence-electron chi connectivity index (χ3n) is 8.01. The van der Waals surface area contributed by atoms with E-state index in [2.05, 4.69) is 32.1 Å². The van der Waals surface area contributed by atoms with Gasteiger partial charge >= 0.3 is 0 Å². The van der Waals surface area contributed by atoms with Crippen molar-refractivity contribution in [3.05, 3.63) is 23.8 Å². The van der Waals surface area contributed by atoms with Crippen LogP contribution in [0.25, 0.3) is 0 Å². The largest absolute Gasteiger partial charge is 0.389 e. The molecule has 2 fully saturated rings. The molecule has 7 atom stereocenters. The van der Waals surface area contributed by atoms with Crippen LogP contribution >= 0.6 is 0 Å². The maximum absolute atomic E-state index is 12.0. The maximum Gasteiger partial charge on any atom is 0.176 e. The van der Waals surface area contributed by atoms with E-state index in [1.54, 1.807) is 0 Å². The Morgan fingerprint density at radius 1 is 1.25 bits per heavy atom. The lowest BCUT2D eigenvalue weighted by molar-refractivity contribution is -0.117. The highest BCUT2D eigenvalue weighted by Gasteiger charge is 2.58. The van der Waals surface area contributed by atoms with E-state index in [0.717, 1.165) is 25.7 Å². The minimum Gasteiger partial charge on any atom is -0.389 e. The van der Waals surface area contributed by atoms with Crippen LogP contribution in [0, 0.1) is 39.9 Å². The molecule has 3 heteroatoms. The van der Waals surface area contributed by atoms with Gasteiger partial charge < -0.3 is 10.5 Å². The highest BCUT2D eigenvalue weighted by Crippen LogP contribution is 2.64. The molecule has 0 aromatic carbocycles. The standard InChI is InChI=1S/C21H29NO2/c1-12(23)14-6-7-15-13-4-5-17-19(22)18(24)9-11-21(17,3)16(13)8-10-20(14,15)2/h4-6,12-13,15-17,22-23H,7-11H2,1-3H3/t12-,13-,15-,16-,17?,20+,21+/m0/s1. The monoisotopic (exact) mass is 327 g/mol. The van der Waals surface area contributed by atoms with Crippen molar-refractivity contribution in [2.45, 2.75) is 59.0 Å². The van der Waals surface area contributed by atoms with Crippen LogP contribution in [0.5, 0.6) is 0 Å². The summed E-state index contributed by atoms with van der Waals surface area (Å²) in [6.07, 6.45) is 11.2. The first kappa shape index (κ1) is 16.3. The van der Waals surface area contributed by atoms with Crippen LogP contribution in [-0.4, -0.2) is 22.7 Å². The molecule has 2 N–H and O–H groups in total.